The molecule has 0 fully saturated rings. The van der Waals surface area contributed by atoms with Crippen LogP contribution in [0.5, 0.6) is 0 Å². The van der Waals surface area contributed by atoms with Crippen molar-refractivity contribution in [3.8, 4) is 0 Å². The van der Waals surface area contributed by atoms with E-state index in [0.29, 0.717) is 0 Å². The number of hydrogen-bond donors (Lipinski definition) is 0. The summed E-state index contributed by atoms with van der Waals surface area (Å²) in [6.07, 6.45) is 0. The SMILES string of the molecule is [CH2-]P(=[N+]=P([N-]C)(c1ccccc1)c1ccccc1)(c1ccccc1)c1ccccc1. The third-order valence-electron chi connectivity index (χ3n) is 5.17. The Morgan fingerprint density at radius 2 is 0.833 bits per heavy atom. The lowest BCUT2D eigenvalue weighted by Crippen LogP contribution is -2.20. The Hall–Kier alpha value is -2.59. The van der Waals surface area contributed by atoms with Crippen LogP contribution >= 0.6 is 14.3 Å². The van der Waals surface area contributed by atoms with E-state index < -0.39 is 14.3 Å². The van der Waals surface area contributed by atoms with E-state index in [1.807, 2.05) is 31.3 Å². The molecule has 0 bridgehead atoms. The van der Waals surface area contributed by atoms with Gasteiger partial charge in [0.25, 0.3) is 0 Å². The van der Waals surface area contributed by atoms with Gasteiger partial charge in [-0.05, 0) is 24.3 Å². The van der Waals surface area contributed by atoms with Crippen molar-refractivity contribution in [1.29, 1.82) is 0 Å². The minimum Gasteiger partial charge on any atom is -0.564 e. The van der Waals surface area contributed by atoms with Crippen LogP contribution in [-0.2, 0) is 0 Å². The molecule has 0 atom stereocenters. The molecule has 4 rings (SSSR count). The van der Waals surface area contributed by atoms with E-state index in [4.69, 9.17) is 15.9 Å². The summed E-state index contributed by atoms with van der Waals surface area (Å²) in [5.41, 5.74) is 0. The van der Waals surface area contributed by atoms with Gasteiger partial charge in [-0.1, -0.05) is 97.1 Å². The second kappa shape index (κ2) is 9.05. The molecule has 4 aromatic rings. The molecule has 4 heteroatoms. The summed E-state index contributed by atoms with van der Waals surface area (Å²) in [4.78, 5) is 0. The smallest absolute Gasteiger partial charge is 0.189 e. The molecule has 30 heavy (non-hydrogen) atoms. The summed E-state index contributed by atoms with van der Waals surface area (Å²) in [5, 5.41) is 9.66. The van der Waals surface area contributed by atoms with Crippen LogP contribution in [0.4, 0.5) is 0 Å². The lowest BCUT2D eigenvalue weighted by Gasteiger charge is -2.27. The van der Waals surface area contributed by atoms with Crippen LogP contribution in [0.3, 0.4) is 0 Å². The maximum Gasteiger partial charge on any atom is 0.189 e. The molecule has 0 saturated heterocycles. The van der Waals surface area contributed by atoms with Crippen LogP contribution in [0, 0.1) is 6.66 Å². The Morgan fingerprint density at radius 3 is 1.13 bits per heavy atom. The molecule has 150 valence electrons. The standard InChI is InChI=1S/C26H25N2P2/c1-27-30(25-19-11-5-12-20-25,26-21-13-6-14-22-26)28-29(2,23-15-7-3-8-16-23)24-17-9-4-10-18-24/h3-22H,2H2,1H3/q-1. The van der Waals surface area contributed by atoms with Crippen molar-refractivity contribution in [2.45, 2.75) is 0 Å². The predicted octanol–water partition coefficient (Wildman–Crippen LogP) is 5.47. The van der Waals surface area contributed by atoms with Gasteiger partial charge in [-0.2, -0.15) is 7.05 Å². The molecule has 0 aliphatic carbocycles. The van der Waals surface area contributed by atoms with Crippen molar-refractivity contribution >= 4 is 35.5 Å². The van der Waals surface area contributed by atoms with E-state index in [1.54, 1.807) is 0 Å². The largest absolute Gasteiger partial charge is 0.564 e. The third kappa shape index (κ3) is 3.89. The zero-order chi connectivity index (χ0) is 20.9. The second-order valence-electron chi connectivity index (χ2n) is 7.00. The summed E-state index contributed by atoms with van der Waals surface area (Å²) in [5.74, 6) is 0. The fourth-order valence-electron chi connectivity index (χ4n) is 3.62. The van der Waals surface area contributed by atoms with E-state index in [1.165, 1.54) is 0 Å². The molecule has 0 aliphatic heterocycles. The Kier molecular flexibility index (Phi) is 6.24. The molecular weight excluding hydrogens is 402 g/mol. The summed E-state index contributed by atoms with van der Waals surface area (Å²) >= 11 is 0. The summed E-state index contributed by atoms with van der Waals surface area (Å²) in [7, 11) is -2.81. The first kappa shape index (κ1) is 20.7. The molecule has 0 aromatic heterocycles. The Morgan fingerprint density at radius 1 is 0.533 bits per heavy atom. The van der Waals surface area contributed by atoms with Gasteiger partial charge in [-0.15, -0.1) is 0 Å². The minimum atomic E-state index is -2.40. The average molecular weight is 427 g/mol. The average Bonchev–Trinajstić information content (AvgIpc) is 2.85. The Balaban J connectivity index is 2.26. The zero-order valence-electron chi connectivity index (χ0n) is 17.0. The number of hydrogen-bond acceptors (Lipinski definition) is 0. The van der Waals surface area contributed by atoms with Crippen molar-refractivity contribution in [2.75, 3.05) is 7.05 Å². The summed E-state index contributed by atoms with van der Waals surface area (Å²) in [6, 6.07) is 41.9. The van der Waals surface area contributed by atoms with E-state index >= 15 is 0 Å². The van der Waals surface area contributed by atoms with Gasteiger partial charge in [0.05, 0.1) is 0 Å². The first-order valence-corrected chi connectivity index (χ1v) is 13.5. The van der Waals surface area contributed by atoms with Crippen molar-refractivity contribution in [2.24, 2.45) is 0 Å². The van der Waals surface area contributed by atoms with Gasteiger partial charge in [0.2, 0.25) is 0 Å². The molecular formula is C26H25N2P2-. The van der Waals surface area contributed by atoms with Gasteiger partial charge in [0.1, 0.15) is 7.05 Å². The van der Waals surface area contributed by atoms with Crippen molar-refractivity contribution in [1.82, 2.24) is 4.17 Å². The van der Waals surface area contributed by atoms with E-state index in [-0.39, 0.29) is 0 Å². The number of benzene rings is 4. The maximum absolute atomic E-state index is 5.68. The molecule has 0 aliphatic rings. The summed E-state index contributed by atoms with van der Waals surface area (Å²) in [6.45, 7) is 4.81. The fraction of sp³-hybridized carbons (Fsp3) is 0.0385. The number of rotatable bonds is 5. The molecule has 0 spiro atoms. The predicted molar refractivity (Wildman–Crippen MR) is 135 cm³/mol. The highest BCUT2D eigenvalue weighted by atomic mass is 31.2. The van der Waals surface area contributed by atoms with Crippen LogP contribution in [0.2, 0.25) is 0 Å². The van der Waals surface area contributed by atoms with E-state index in [2.05, 4.69) is 97.1 Å². The van der Waals surface area contributed by atoms with E-state index in [0.717, 1.165) is 21.2 Å². The zero-order valence-corrected chi connectivity index (χ0v) is 18.8. The van der Waals surface area contributed by atoms with Gasteiger partial charge in [-0.25, -0.2) is 10.8 Å². The third-order valence-corrected chi connectivity index (χ3v) is 12.3. The molecule has 0 heterocycles. The molecule has 0 unspecified atom stereocenters. The monoisotopic (exact) mass is 427 g/mol. The molecule has 0 amide bonds. The molecule has 0 radical (unpaired) electrons. The normalized spacial score (nSPS) is 11.7. The summed E-state index contributed by atoms with van der Waals surface area (Å²) < 4.78 is 5.68. The van der Waals surface area contributed by atoms with Crippen molar-refractivity contribution < 1.29 is 0 Å². The second-order valence-corrected chi connectivity index (χ2v) is 12.9. The quantitative estimate of drug-likeness (QED) is 0.230. The first-order valence-electron chi connectivity index (χ1n) is 9.90. The lowest BCUT2D eigenvalue weighted by atomic mass is 10.4. The van der Waals surface area contributed by atoms with Gasteiger partial charge in [-0.3, -0.25) is 0 Å². The van der Waals surface area contributed by atoms with Crippen molar-refractivity contribution in [3.63, 3.8) is 0 Å². The molecule has 2 nitrogen and oxygen atoms in total. The first-order chi connectivity index (χ1) is 14.7. The lowest BCUT2D eigenvalue weighted by molar-refractivity contribution is 1.67. The van der Waals surface area contributed by atoms with Gasteiger partial charge in [0.15, 0.2) is 7.21 Å². The molecule has 0 saturated carbocycles. The minimum absolute atomic E-state index is 1.15. The van der Waals surface area contributed by atoms with Gasteiger partial charge in [0, 0.05) is 21.2 Å². The van der Waals surface area contributed by atoms with Crippen LogP contribution in [0.15, 0.2) is 121 Å². The Labute approximate surface area is 179 Å². The van der Waals surface area contributed by atoms with Crippen LogP contribution in [0.25, 0.3) is 5.09 Å². The fourth-order valence-corrected chi connectivity index (χ4v) is 10.9. The van der Waals surface area contributed by atoms with Gasteiger partial charge >= 0.3 is 0 Å². The highest BCUT2D eigenvalue weighted by molar-refractivity contribution is 7.89. The van der Waals surface area contributed by atoms with Crippen LogP contribution in [0.1, 0.15) is 0 Å². The Bertz CT molecular complexity index is 1130. The van der Waals surface area contributed by atoms with Crippen LogP contribution < -0.4 is 25.4 Å². The maximum atomic E-state index is 5.68. The molecule has 0 N–H and O–H groups in total. The van der Waals surface area contributed by atoms with Gasteiger partial charge < -0.3 is 5.09 Å². The number of nitrogens with zero attached hydrogens (tertiary/aromatic N) is 2. The highest BCUT2D eigenvalue weighted by Gasteiger charge is 2.28. The van der Waals surface area contributed by atoms with E-state index in [9.17, 15) is 0 Å². The molecule has 4 aromatic carbocycles. The van der Waals surface area contributed by atoms with Crippen LogP contribution in [-0.4, -0.2) is 7.05 Å². The topological polar surface area (TPSA) is 28.2 Å². The van der Waals surface area contributed by atoms with Crippen molar-refractivity contribution in [3.05, 3.63) is 133 Å². The highest BCUT2D eigenvalue weighted by Crippen LogP contribution is 2.53.